The van der Waals surface area contributed by atoms with E-state index in [1.54, 1.807) is 6.07 Å². The Hall–Kier alpha value is -3.66. The molecule has 0 radical (unpaired) electrons. The number of hydrogen-bond donors (Lipinski definition) is 7. The van der Waals surface area contributed by atoms with E-state index in [0.717, 1.165) is 46.7 Å². The fraction of sp³-hybridized carbons (Fsp3) is 0.357. The maximum atomic E-state index is 10.5. The van der Waals surface area contributed by atoms with Gasteiger partial charge in [0.05, 0.1) is 58.0 Å². The molecule has 3 aromatic carbocycles. The van der Waals surface area contributed by atoms with Crippen molar-refractivity contribution >= 4 is 39.8 Å². The fourth-order valence-electron chi connectivity index (χ4n) is 3.95. The molecule has 37 heavy (non-hydrogen) atoms. The molecule has 0 saturated carbocycles. The molecule has 0 aliphatic heterocycles. The van der Waals surface area contributed by atoms with Crippen LogP contribution in [-0.2, 0) is 0 Å². The third kappa shape index (κ3) is 8.75. The van der Waals surface area contributed by atoms with Crippen molar-refractivity contribution in [2.24, 2.45) is 0 Å². The molecule has 0 saturated heterocycles. The van der Waals surface area contributed by atoms with Crippen LogP contribution in [0, 0.1) is 0 Å². The first-order valence-corrected chi connectivity index (χ1v) is 12.6. The Morgan fingerprint density at radius 1 is 0.784 bits per heavy atom. The van der Waals surface area contributed by atoms with E-state index < -0.39 is 0 Å². The molecule has 0 atom stereocenters. The standard InChI is InChI=1S/C28H40N6O3/c1-34(2,3)16-4-13-30-21-5-7-22(8-6-21)32-27-20-26(25(29)19-28(27)37)31-23-9-11-24(12-10-23)33(14-17-35)15-18-36/h5-12,19-20,30-32,35-36H,4,13-18,29H2,1-3H3/p+1. The molecule has 0 aromatic heterocycles. The first-order chi connectivity index (χ1) is 17.7. The van der Waals surface area contributed by atoms with Crippen molar-refractivity contribution in [3.05, 3.63) is 60.7 Å². The molecule has 0 heterocycles. The lowest BCUT2D eigenvalue weighted by Crippen LogP contribution is -2.36. The van der Waals surface area contributed by atoms with Crippen molar-refractivity contribution in [3.63, 3.8) is 0 Å². The summed E-state index contributed by atoms with van der Waals surface area (Å²) in [6.07, 6.45) is 1.09. The molecule has 0 fully saturated rings. The molecule has 0 spiro atoms. The van der Waals surface area contributed by atoms with Crippen LogP contribution >= 0.6 is 0 Å². The van der Waals surface area contributed by atoms with Gasteiger partial charge < -0.3 is 46.4 Å². The summed E-state index contributed by atoms with van der Waals surface area (Å²) in [7, 11) is 6.58. The minimum absolute atomic E-state index is 0.00986. The van der Waals surface area contributed by atoms with Crippen LogP contribution in [0.3, 0.4) is 0 Å². The van der Waals surface area contributed by atoms with Crippen LogP contribution in [0.15, 0.2) is 60.7 Å². The first kappa shape index (κ1) is 27.9. The van der Waals surface area contributed by atoms with E-state index in [9.17, 15) is 15.3 Å². The summed E-state index contributed by atoms with van der Waals surface area (Å²) in [6, 6.07) is 18.9. The maximum Gasteiger partial charge on any atom is 0.141 e. The Kier molecular flexibility index (Phi) is 9.85. The highest BCUT2D eigenvalue weighted by Crippen LogP contribution is 2.36. The fourth-order valence-corrected chi connectivity index (χ4v) is 3.95. The number of nitrogens with one attached hydrogen (secondary N) is 3. The number of phenolic OH excluding ortho intramolecular Hbond substituents is 1. The number of aromatic hydroxyl groups is 1. The largest absolute Gasteiger partial charge is 0.506 e. The number of nitrogens with zero attached hydrogens (tertiary/aromatic N) is 2. The second-order valence-electron chi connectivity index (χ2n) is 10.1. The van der Waals surface area contributed by atoms with E-state index in [0.29, 0.717) is 30.2 Å². The monoisotopic (exact) mass is 509 g/mol. The lowest BCUT2D eigenvalue weighted by atomic mass is 10.2. The van der Waals surface area contributed by atoms with Gasteiger partial charge in [0.1, 0.15) is 5.75 Å². The van der Waals surface area contributed by atoms with Crippen molar-refractivity contribution < 1.29 is 19.8 Å². The summed E-state index contributed by atoms with van der Waals surface area (Å²) in [4.78, 5) is 1.91. The van der Waals surface area contributed by atoms with E-state index in [-0.39, 0.29) is 19.0 Å². The Morgan fingerprint density at radius 2 is 1.32 bits per heavy atom. The van der Waals surface area contributed by atoms with Gasteiger partial charge in [0.25, 0.3) is 0 Å². The van der Waals surface area contributed by atoms with Gasteiger partial charge in [0, 0.05) is 54.9 Å². The van der Waals surface area contributed by atoms with Gasteiger partial charge in [0.15, 0.2) is 0 Å². The quantitative estimate of drug-likeness (QED) is 0.0576. The number of nitrogen functional groups attached to an aromatic ring is 1. The van der Waals surface area contributed by atoms with E-state index in [4.69, 9.17) is 5.73 Å². The predicted octanol–water partition coefficient (Wildman–Crippen LogP) is 3.76. The second kappa shape index (κ2) is 13.0. The molecule has 8 N–H and O–H groups in total. The molecule has 200 valence electrons. The van der Waals surface area contributed by atoms with Crippen LogP contribution in [0.4, 0.5) is 39.8 Å². The molecule has 3 rings (SSSR count). The van der Waals surface area contributed by atoms with Gasteiger partial charge >= 0.3 is 0 Å². The predicted molar refractivity (Wildman–Crippen MR) is 154 cm³/mol. The third-order valence-corrected chi connectivity index (χ3v) is 5.92. The highest BCUT2D eigenvalue weighted by Gasteiger charge is 2.10. The lowest BCUT2D eigenvalue weighted by molar-refractivity contribution is -0.870. The van der Waals surface area contributed by atoms with E-state index in [1.165, 1.54) is 6.07 Å². The van der Waals surface area contributed by atoms with E-state index in [1.807, 2.05) is 53.4 Å². The Bertz CT molecular complexity index is 1110. The average Bonchev–Trinajstić information content (AvgIpc) is 2.85. The summed E-state index contributed by atoms with van der Waals surface area (Å²) in [5.74, 6) is 0.0598. The van der Waals surface area contributed by atoms with Crippen molar-refractivity contribution in [2.45, 2.75) is 6.42 Å². The number of aliphatic hydroxyl groups excluding tert-OH is 2. The molecule has 0 bridgehead atoms. The van der Waals surface area contributed by atoms with Gasteiger partial charge in [-0.05, 0) is 54.6 Å². The van der Waals surface area contributed by atoms with Crippen molar-refractivity contribution in [1.29, 1.82) is 0 Å². The van der Waals surface area contributed by atoms with Gasteiger partial charge in [-0.25, -0.2) is 0 Å². The van der Waals surface area contributed by atoms with Crippen LogP contribution in [0.25, 0.3) is 0 Å². The average molecular weight is 510 g/mol. The Balaban J connectivity index is 1.64. The number of quaternary nitrogens is 1. The molecule has 9 nitrogen and oxygen atoms in total. The number of phenols is 1. The van der Waals surface area contributed by atoms with Crippen LogP contribution in [-0.4, -0.2) is 80.3 Å². The van der Waals surface area contributed by atoms with Crippen LogP contribution in [0.1, 0.15) is 6.42 Å². The van der Waals surface area contributed by atoms with E-state index >= 15 is 0 Å². The minimum Gasteiger partial charge on any atom is -0.506 e. The van der Waals surface area contributed by atoms with E-state index in [2.05, 4.69) is 37.1 Å². The van der Waals surface area contributed by atoms with Gasteiger partial charge in [-0.2, -0.15) is 0 Å². The molecule has 0 aliphatic rings. The molecule has 0 unspecified atom stereocenters. The zero-order valence-corrected chi connectivity index (χ0v) is 22.0. The minimum atomic E-state index is 0.00986. The zero-order valence-electron chi connectivity index (χ0n) is 22.0. The highest BCUT2D eigenvalue weighted by atomic mass is 16.3. The molecule has 0 aliphatic carbocycles. The smallest absolute Gasteiger partial charge is 0.141 e. The summed E-state index contributed by atoms with van der Waals surface area (Å²) < 4.78 is 0.950. The third-order valence-electron chi connectivity index (χ3n) is 5.92. The van der Waals surface area contributed by atoms with Crippen molar-refractivity contribution in [1.82, 2.24) is 0 Å². The summed E-state index contributed by atoms with van der Waals surface area (Å²) in [5, 5.41) is 39.0. The van der Waals surface area contributed by atoms with Gasteiger partial charge in [-0.15, -0.1) is 0 Å². The number of anilines is 7. The zero-order chi connectivity index (χ0) is 26.8. The maximum absolute atomic E-state index is 10.5. The number of rotatable bonds is 14. The molecule has 0 amide bonds. The normalized spacial score (nSPS) is 11.3. The number of aliphatic hydroxyl groups is 2. The summed E-state index contributed by atoms with van der Waals surface area (Å²) in [6.45, 7) is 2.93. The lowest BCUT2D eigenvalue weighted by Gasteiger charge is -2.23. The molecule has 3 aromatic rings. The van der Waals surface area contributed by atoms with Gasteiger partial charge in [-0.1, -0.05) is 0 Å². The van der Waals surface area contributed by atoms with Crippen molar-refractivity contribution in [2.75, 3.05) is 87.1 Å². The molecular formula is C28H41N6O3+. The molecular weight excluding hydrogens is 468 g/mol. The number of benzene rings is 3. The topological polar surface area (TPSA) is 126 Å². The first-order valence-electron chi connectivity index (χ1n) is 12.6. The summed E-state index contributed by atoms with van der Waals surface area (Å²) in [5.41, 5.74) is 11.4. The highest BCUT2D eigenvalue weighted by molar-refractivity contribution is 5.82. The van der Waals surface area contributed by atoms with Crippen LogP contribution in [0.2, 0.25) is 0 Å². The van der Waals surface area contributed by atoms with Crippen LogP contribution in [0.5, 0.6) is 5.75 Å². The SMILES string of the molecule is C[N+](C)(C)CCCNc1ccc(Nc2cc(Nc3ccc(N(CCO)CCO)cc3)c(N)cc2O)cc1. The molecule has 9 heteroatoms. The Labute approximate surface area is 219 Å². The number of hydrogen-bond acceptors (Lipinski definition) is 8. The van der Waals surface area contributed by atoms with Gasteiger partial charge in [-0.3, -0.25) is 0 Å². The summed E-state index contributed by atoms with van der Waals surface area (Å²) >= 11 is 0. The number of nitrogens with two attached hydrogens (primary N) is 1. The van der Waals surface area contributed by atoms with Gasteiger partial charge in [0.2, 0.25) is 0 Å². The second-order valence-corrected chi connectivity index (χ2v) is 10.1. The van der Waals surface area contributed by atoms with Crippen molar-refractivity contribution in [3.8, 4) is 5.75 Å². The Morgan fingerprint density at radius 3 is 1.89 bits per heavy atom. The van der Waals surface area contributed by atoms with Crippen LogP contribution < -0.4 is 26.6 Å².